The first-order valence-corrected chi connectivity index (χ1v) is 41.7. The Kier molecular flexibility index (Phi) is 27.7. The summed E-state index contributed by atoms with van der Waals surface area (Å²) >= 11 is 6.21. The lowest BCUT2D eigenvalue weighted by atomic mass is 9.89. The highest BCUT2D eigenvalue weighted by molar-refractivity contribution is 8.54. The Hall–Kier alpha value is -4.51. The fourth-order valence-electron chi connectivity index (χ4n) is 12.5. The predicted molar refractivity (Wildman–Crippen MR) is 360 cm³/mol. The lowest BCUT2D eigenvalue weighted by Crippen LogP contribution is -2.51. The van der Waals surface area contributed by atoms with Crippen molar-refractivity contribution < 1.29 is 108 Å². The highest BCUT2D eigenvalue weighted by Gasteiger charge is 2.61. The van der Waals surface area contributed by atoms with Crippen LogP contribution in [0.2, 0.25) is 0 Å². The van der Waals surface area contributed by atoms with E-state index in [1.165, 1.54) is 117 Å². The fourth-order valence-corrected chi connectivity index (χ4v) is 17.9. The minimum Gasteiger partial charge on any atom is -0.465 e. The van der Waals surface area contributed by atoms with Crippen LogP contribution in [0.5, 0.6) is 0 Å². The number of unbranched alkanes of at least 4 members (excludes halogenated alkanes) is 14. The van der Waals surface area contributed by atoms with Crippen LogP contribution in [-0.2, 0) is 90.4 Å². The van der Waals surface area contributed by atoms with Crippen molar-refractivity contribution in [2.24, 2.45) is 0 Å². The van der Waals surface area contributed by atoms with Crippen LogP contribution in [0.4, 0.5) is 17.5 Å². The number of nitrogens with two attached hydrogens (primary N) is 3. The maximum atomic E-state index is 14.3. The van der Waals surface area contributed by atoms with Gasteiger partial charge >= 0.3 is 35.1 Å². The summed E-state index contributed by atoms with van der Waals surface area (Å²) in [5.41, 5.74) is 17.3. The number of nitrogen functional groups attached to an aromatic ring is 3. The number of esters is 1. The number of carbonyl (C=O) groups is 1. The van der Waals surface area contributed by atoms with E-state index in [0.717, 1.165) is 31.9 Å². The van der Waals surface area contributed by atoms with Gasteiger partial charge < -0.3 is 79.9 Å². The molecule has 38 nitrogen and oxygen atoms in total. The van der Waals surface area contributed by atoms with Gasteiger partial charge in [0.05, 0.1) is 52.0 Å². The number of hydrogen-bond donors (Lipinski definition) is 9. The van der Waals surface area contributed by atoms with Crippen LogP contribution in [-0.4, -0.2) is 208 Å². The van der Waals surface area contributed by atoms with Crippen molar-refractivity contribution in [3.63, 3.8) is 0 Å². The van der Waals surface area contributed by atoms with Gasteiger partial charge in [0.15, 0.2) is 53.1 Å². The van der Waals surface area contributed by atoms with Crippen molar-refractivity contribution in [2.45, 2.75) is 196 Å². The molecule has 6 aromatic heterocycles. The monoisotopic (exact) mass is 1530 g/mol. The quantitative estimate of drug-likeness (QED) is 0.0118. The van der Waals surface area contributed by atoms with Gasteiger partial charge in [-0.3, -0.25) is 45.6 Å². The topological polar surface area (TPSA) is 519 Å². The fraction of sp³-hybridized carbons (Fsp3) is 0.714. The molecule has 0 saturated carbocycles. The predicted octanol–water partition coefficient (Wildman–Crippen LogP) is 6.14. The number of rotatable bonds is 42. The first-order valence-electron chi connectivity index (χ1n) is 32.9. The normalized spacial score (nSPS) is 27.2. The first kappa shape index (κ1) is 78.1. The van der Waals surface area contributed by atoms with Crippen molar-refractivity contribution in [3.8, 4) is 0 Å². The van der Waals surface area contributed by atoms with Gasteiger partial charge in [-0.05, 0) is 42.5 Å². The molecular formula is C56H87N15O23P4S2. The van der Waals surface area contributed by atoms with Crippen molar-refractivity contribution in [3.05, 3.63) is 38.0 Å². The summed E-state index contributed by atoms with van der Waals surface area (Å²) in [5.74, 6) is -0.609. The van der Waals surface area contributed by atoms with Crippen LogP contribution < -0.4 is 17.2 Å². The molecule has 100 heavy (non-hydrogen) atoms. The van der Waals surface area contributed by atoms with E-state index in [2.05, 4.69) is 51.8 Å². The number of phosphoric ester groups is 2. The highest BCUT2D eigenvalue weighted by atomic mass is 32.7. The molecule has 0 aromatic carbocycles. The van der Waals surface area contributed by atoms with Crippen molar-refractivity contribution in [2.75, 3.05) is 76.3 Å². The van der Waals surface area contributed by atoms with Gasteiger partial charge in [-0.2, -0.15) is 0 Å². The molecule has 0 amide bonds. The Labute approximate surface area is 583 Å². The summed E-state index contributed by atoms with van der Waals surface area (Å²) in [5, 5.41) is 21.4. The second-order valence-corrected chi connectivity index (χ2v) is 33.9. The summed E-state index contributed by atoms with van der Waals surface area (Å²) in [4.78, 5) is 96.0. The Morgan fingerprint density at radius 3 is 1.69 bits per heavy atom. The number of fused-ring (bicyclic) bond motifs is 4. The van der Waals surface area contributed by atoms with E-state index < -0.39 is 141 Å². The van der Waals surface area contributed by atoms with E-state index >= 15 is 0 Å². The smallest absolute Gasteiger partial charge is 0.465 e. The number of nitrogens with zero attached hydrogens (tertiary/aromatic N) is 12. The van der Waals surface area contributed by atoms with E-state index in [0.29, 0.717) is 24.2 Å². The number of aliphatic hydroxyl groups is 2. The van der Waals surface area contributed by atoms with E-state index in [1.807, 2.05) is 0 Å². The van der Waals surface area contributed by atoms with E-state index in [-0.39, 0.29) is 82.8 Å². The molecule has 0 aliphatic carbocycles. The van der Waals surface area contributed by atoms with Crippen molar-refractivity contribution in [1.82, 2.24) is 58.6 Å². The zero-order valence-corrected chi connectivity index (χ0v) is 60.2. The number of imidazole rings is 3. The van der Waals surface area contributed by atoms with E-state index in [4.69, 9.17) is 94.2 Å². The minimum absolute atomic E-state index is 0.0178. The van der Waals surface area contributed by atoms with Gasteiger partial charge in [0, 0.05) is 25.9 Å². The Morgan fingerprint density at radius 1 is 0.630 bits per heavy atom. The molecule has 12 N–H and O–H groups in total. The van der Waals surface area contributed by atoms with Crippen LogP contribution in [0.15, 0.2) is 38.0 Å². The SMILES string of the molecule is CCCCCCCCCCCCCCCCCC(=O)OCCSP(=O)(O)OC1C2OCCC[C@]2(COP(O)(=S)OC2C(O)[C@@H](COP(=O)(O)OC3C(OC)[C@@H](COP(=O)(O)OCCO)O[C@H]3n3cnc4c(N)ncnc43)O[C@H]2n2cnc3c(N)ncnc32)O[C@H]1n1cnc2c(N)ncnc21. The molecule has 4 aliphatic heterocycles. The number of methoxy groups -OCH3 is 1. The molecule has 6 aromatic rings. The van der Waals surface area contributed by atoms with E-state index in [1.54, 1.807) is 0 Å². The molecule has 556 valence electrons. The Bertz CT molecular complexity index is 3870. The van der Waals surface area contributed by atoms with Gasteiger partial charge in [0.2, 0.25) is 0 Å². The molecular weight excluding hydrogens is 1440 g/mol. The number of phosphoric acid groups is 2. The molecule has 0 radical (unpaired) electrons. The Morgan fingerprint density at radius 2 is 1.14 bits per heavy atom. The zero-order chi connectivity index (χ0) is 71.2. The summed E-state index contributed by atoms with van der Waals surface area (Å²) in [7, 11) is -9.02. The molecule has 4 fully saturated rings. The first-order chi connectivity index (χ1) is 48.0. The average Bonchev–Trinajstić information content (AvgIpc) is 1.61. The molecule has 10 heterocycles. The lowest BCUT2D eigenvalue weighted by Gasteiger charge is -2.39. The number of ether oxygens (including phenoxy) is 6. The molecule has 10 rings (SSSR count). The minimum atomic E-state index is -5.41. The molecule has 0 bridgehead atoms. The van der Waals surface area contributed by atoms with Crippen LogP contribution in [0.25, 0.3) is 33.5 Å². The van der Waals surface area contributed by atoms with Gasteiger partial charge in [-0.1, -0.05) is 96.8 Å². The summed E-state index contributed by atoms with van der Waals surface area (Å²) in [6.45, 7) is -10.7. The molecule has 0 spiro atoms. The van der Waals surface area contributed by atoms with Crippen molar-refractivity contribution >= 4 is 109 Å². The second-order valence-electron chi connectivity index (χ2n) is 24.3. The summed E-state index contributed by atoms with van der Waals surface area (Å²) in [6, 6.07) is 0. The third-order valence-corrected chi connectivity index (χ3v) is 23.8. The van der Waals surface area contributed by atoms with Gasteiger partial charge in [0.25, 0.3) is 0 Å². The largest absolute Gasteiger partial charge is 0.472 e. The number of aromatic nitrogens is 12. The van der Waals surface area contributed by atoms with Gasteiger partial charge in [-0.25, -0.2) is 58.6 Å². The van der Waals surface area contributed by atoms with Crippen LogP contribution in [0.3, 0.4) is 0 Å². The highest BCUT2D eigenvalue weighted by Crippen LogP contribution is 2.62. The van der Waals surface area contributed by atoms with E-state index in [9.17, 15) is 43.2 Å². The van der Waals surface area contributed by atoms with Crippen LogP contribution in [0, 0.1) is 0 Å². The van der Waals surface area contributed by atoms with Crippen molar-refractivity contribution in [1.29, 1.82) is 0 Å². The second kappa shape index (κ2) is 35.5. The van der Waals surface area contributed by atoms with Crippen LogP contribution >= 0.6 is 40.5 Å². The maximum absolute atomic E-state index is 14.3. The molecule has 4 aliphatic rings. The zero-order valence-electron chi connectivity index (χ0n) is 55.0. The number of hydrogen-bond acceptors (Lipinski definition) is 33. The summed E-state index contributed by atoms with van der Waals surface area (Å²) in [6.07, 6.45) is 8.88. The average molecular weight is 1530 g/mol. The number of carbonyl (C=O) groups excluding carboxylic acids is 1. The molecule has 44 heteroatoms. The number of anilines is 3. The van der Waals surface area contributed by atoms with Gasteiger partial charge in [0.1, 0.15) is 96.6 Å². The molecule has 4 saturated heterocycles. The standard InChI is InChI=1S/C56H87N15O23P4S2/c1-3-4-5-6-7-8-9-10-11-12-13-14-15-16-17-19-37(73)83-24-25-100-97(79,80)93-45-46-56(20-18-22-84-46,91-55(45)71-34-68-40-49(59)62-31-65-52(40)71)28-88-98(81,99)94-43-41(74)35(89-53(43)69-32-66-38-47(57)60-29-63-50(38)69)26-87-96(77,78)92-44-42(82-2)36(27-86-95(75,76)85-23-21-72)90-54(44)70-33-67-39-48(58)61-30-64-51(39)70/h29-36,41-46,53-55,72,74H,3-28H2,1-2H3,(H,75,76)(H,77,78)(H,79,80)(H,81,99)(H2,57,60,63)(H2,58,61,64)(H2,59,62,65)/t35-,36-,41?,42?,43?,44?,45?,46?,53-,54-,55-,56-,98?/m1/s1. The summed E-state index contributed by atoms with van der Waals surface area (Å²) < 4.78 is 121. The number of aliphatic hydroxyl groups excluding tert-OH is 2. The third-order valence-electron chi connectivity index (χ3n) is 17.3. The van der Waals surface area contributed by atoms with Crippen LogP contribution in [0.1, 0.15) is 141 Å². The lowest BCUT2D eigenvalue weighted by molar-refractivity contribution is -0.164. The Balaban J connectivity index is 0.797. The third kappa shape index (κ3) is 19.7. The van der Waals surface area contributed by atoms with Gasteiger partial charge in [-0.15, -0.1) is 0 Å². The molecule has 16 atom stereocenters. The molecule has 10 unspecified atom stereocenters. The maximum Gasteiger partial charge on any atom is 0.472 e.